The maximum absolute atomic E-state index is 2.33. The molecule has 0 aliphatic heterocycles. The summed E-state index contributed by atoms with van der Waals surface area (Å²) in [6.07, 6.45) is 0. The predicted octanol–water partition coefficient (Wildman–Crippen LogP) is 10.2. The Morgan fingerprint density at radius 3 is 1.74 bits per heavy atom. The van der Waals surface area contributed by atoms with Gasteiger partial charge in [-0.1, -0.05) is 115 Å². The van der Waals surface area contributed by atoms with E-state index in [1.54, 1.807) is 0 Å². The first-order chi connectivity index (χ1) is 17.3. The van der Waals surface area contributed by atoms with E-state index in [1.807, 2.05) is 11.3 Å². The molecule has 0 fully saturated rings. The highest BCUT2D eigenvalue weighted by Gasteiger charge is 2.11. The number of rotatable bonds is 3. The van der Waals surface area contributed by atoms with Crippen molar-refractivity contribution >= 4 is 42.3 Å². The molecule has 0 unspecified atom stereocenters. The van der Waals surface area contributed by atoms with Gasteiger partial charge in [-0.05, 0) is 62.4 Å². The first-order valence-electron chi connectivity index (χ1n) is 11.9. The highest BCUT2D eigenvalue weighted by Crippen LogP contribution is 2.40. The van der Waals surface area contributed by atoms with Crippen molar-refractivity contribution in [1.29, 1.82) is 0 Å². The summed E-state index contributed by atoms with van der Waals surface area (Å²) in [6.45, 7) is 0. The van der Waals surface area contributed by atoms with Gasteiger partial charge < -0.3 is 0 Å². The molecule has 1 aromatic heterocycles. The number of fused-ring (bicyclic) bond motifs is 4. The molecule has 1 heteroatoms. The van der Waals surface area contributed by atoms with E-state index in [2.05, 4.69) is 133 Å². The van der Waals surface area contributed by atoms with Crippen molar-refractivity contribution < 1.29 is 0 Å². The Bertz CT molecular complexity index is 1850. The Morgan fingerprint density at radius 1 is 0.371 bits per heavy atom. The van der Waals surface area contributed by atoms with E-state index in [-0.39, 0.29) is 0 Å². The third-order valence-corrected chi connectivity index (χ3v) is 8.09. The first-order valence-corrected chi connectivity index (χ1v) is 12.8. The van der Waals surface area contributed by atoms with Crippen LogP contribution >= 0.6 is 11.3 Å². The molecule has 1 heterocycles. The summed E-state index contributed by atoms with van der Waals surface area (Å²) < 4.78 is 2.70. The minimum absolute atomic E-state index is 1.24. The summed E-state index contributed by atoms with van der Waals surface area (Å²) in [5.74, 6) is 0. The summed E-state index contributed by atoms with van der Waals surface area (Å²) in [5, 5.41) is 5.24. The molecule has 0 aliphatic rings. The van der Waals surface area contributed by atoms with Crippen LogP contribution in [0.2, 0.25) is 0 Å². The zero-order valence-electron chi connectivity index (χ0n) is 19.1. The molecule has 7 rings (SSSR count). The van der Waals surface area contributed by atoms with E-state index in [0.717, 1.165) is 0 Å². The van der Waals surface area contributed by atoms with Crippen LogP contribution in [0.15, 0.2) is 133 Å². The predicted molar refractivity (Wildman–Crippen MR) is 153 cm³/mol. The van der Waals surface area contributed by atoms with Crippen molar-refractivity contribution in [2.45, 2.75) is 0 Å². The average Bonchev–Trinajstić information content (AvgIpc) is 3.32. The summed E-state index contributed by atoms with van der Waals surface area (Å²) in [7, 11) is 0. The van der Waals surface area contributed by atoms with E-state index < -0.39 is 0 Å². The van der Waals surface area contributed by atoms with Gasteiger partial charge in [0.25, 0.3) is 0 Å². The van der Waals surface area contributed by atoms with Crippen LogP contribution in [0.3, 0.4) is 0 Å². The van der Waals surface area contributed by atoms with Gasteiger partial charge in [-0.15, -0.1) is 11.3 Å². The Hall–Kier alpha value is -4.20. The number of hydrogen-bond donors (Lipinski definition) is 0. The van der Waals surface area contributed by atoms with E-state index >= 15 is 0 Å². The molecule has 35 heavy (non-hydrogen) atoms. The van der Waals surface area contributed by atoms with Crippen LogP contribution < -0.4 is 0 Å². The largest absolute Gasteiger partial charge is 0.135 e. The van der Waals surface area contributed by atoms with Gasteiger partial charge in [0.1, 0.15) is 0 Å². The van der Waals surface area contributed by atoms with Crippen molar-refractivity contribution in [1.82, 2.24) is 0 Å². The Labute approximate surface area is 208 Å². The summed E-state index contributed by atoms with van der Waals surface area (Å²) in [4.78, 5) is 0. The molecule has 0 spiro atoms. The van der Waals surface area contributed by atoms with E-state index in [4.69, 9.17) is 0 Å². The lowest BCUT2D eigenvalue weighted by molar-refractivity contribution is 1.59. The first kappa shape index (κ1) is 20.2. The van der Waals surface area contributed by atoms with Crippen LogP contribution in [0.1, 0.15) is 0 Å². The fourth-order valence-electron chi connectivity index (χ4n) is 5.18. The van der Waals surface area contributed by atoms with Crippen LogP contribution in [0.4, 0.5) is 0 Å². The zero-order chi connectivity index (χ0) is 23.2. The molecule has 0 saturated heterocycles. The third kappa shape index (κ3) is 3.44. The molecule has 0 saturated carbocycles. The molecular formula is C34H22S. The zero-order valence-corrected chi connectivity index (χ0v) is 19.9. The maximum Gasteiger partial charge on any atom is 0.0433 e. The molecule has 0 bridgehead atoms. The van der Waals surface area contributed by atoms with E-state index in [1.165, 1.54) is 64.3 Å². The van der Waals surface area contributed by atoms with Crippen molar-refractivity contribution in [3.05, 3.63) is 133 Å². The summed E-state index contributed by atoms with van der Waals surface area (Å²) in [5.41, 5.74) is 7.56. The molecule has 164 valence electrons. The highest BCUT2D eigenvalue weighted by molar-refractivity contribution is 7.26. The topological polar surface area (TPSA) is 0 Å². The second-order valence-corrected chi connectivity index (χ2v) is 10.0. The standard InChI is InChI=1S/C34H22S/c1-2-15-28-23(9-1)10-7-17-29(28)26-13-5-11-24(21-26)25-12-6-14-27(22-25)30-18-8-19-32-31-16-3-4-20-33(31)35-34(30)32/h1-22H. The van der Waals surface area contributed by atoms with Crippen molar-refractivity contribution in [2.75, 3.05) is 0 Å². The van der Waals surface area contributed by atoms with Crippen molar-refractivity contribution in [2.24, 2.45) is 0 Å². The number of thiophene rings is 1. The van der Waals surface area contributed by atoms with Gasteiger partial charge in [0.15, 0.2) is 0 Å². The van der Waals surface area contributed by atoms with Gasteiger partial charge in [0, 0.05) is 20.2 Å². The highest BCUT2D eigenvalue weighted by atomic mass is 32.1. The molecule has 7 aromatic rings. The Kier molecular flexibility index (Phi) is 4.75. The van der Waals surface area contributed by atoms with Gasteiger partial charge in [-0.2, -0.15) is 0 Å². The van der Waals surface area contributed by atoms with E-state index in [9.17, 15) is 0 Å². The normalized spacial score (nSPS) is 11.4. The lowest BCUT2D eigenvalue weighted by Crippen LogP contribution is -1.85. The van der Waals surface area contributed by atoms with Crippen LogP contribution in [0.25, 0.3) is 64.3 Å². The second kappa shape index (κ2) is 8.23. The SMILES string of the molecule is c1cc(-c2cccc(-c3cccc4c3sc3ccccc34)c2)cc(-c2cccc3ccccc23)c1. The van der Waals surface area contributed by atoms with Crippen molar-refractivity contribution in [3.8, 4) is 33.4 Å². The van der Waals surface area contributed by atoms with Gasteiger partial charge in [-0.3, -0.25) is 0 Å². The third-order valence-electron chi connectivity index (χ3n) is 6.87. The molecule has 0 aliphatic carbocycles. The molecule has 6 aromatic carbocycles. The fraction of sp³-hybridized carbons (Fsp3) is 0. The summed E-state index contributed by atoms with van der Waals surface area (Å²) in [6, 6.07) is 48.5. The lowest BCUT2D eigenvalue weighted by Gasteiger charge is -2.11. The average molecular weight is 463 g/mol. The Balaban J connectivity index is 1.35. The van der Waals surface area contributed by atoms with Gasteiger partial charge in [-0.25, -0.2) is 0 Å². The molecule has 0 atom stereocenters. The number of hydrogen-bond acceptors (Lipinski definition) is 1. The minimum atomic E-state index is 1.24. The maximum atomic E-state index is 2.33. The molecule has 0 nitrogen and oxygen atoms in total. The quantitative estimate of drug-likeness (QED) is 0.245. The van der Waals surface area contributed by atoms with E-state index in [0.29, 0.717) is 0 Å². The lowest BCUT2D eigenvalue weighted by atomic mass is 9.94. The van der Waals surface area contributed by atoms with Crippen LogP contribution in [-0.4, -0.2) is 0 Å². The number of benzene rings is 6. The van der Waals surface area contributed by atoms with Crippen molar-refractivity contribution in [3.63, 3.8) is 0 Å². The summed E-state index contributed by atoms with van der Waals surface area (Å²) >= 11 is 1.89. The van der Waals surface area contributed by atoms with Gasteiger partial charge >= 0.3 is 0 Å². The second-order valence-electron chi connectivity index (χ2n) is 8.97. The fourth-order valence-corrected chi connectivity index (χ4v) is 6.42. The minimum Gasteiger partial charge on any atom is -0.135 e. The van der Waals surface area contributed by atoms with Crippen LogP contribution in [0, 0.1) is 0 Å². The van der Waals surface area contributed by atoms with Crippen LogP contribution in [0.5, 0.6) is 0 Å². The molecule has 0 N–H and O–H groups in total. The molecule has 0 radical (unpaired) electrons. The smallest absolute Gasteiger partial charge is 0.0433 e. The van der Waals surface area contributed by atoms with Gasteiger partial charge in [0.2, 0.25) is 0 Å². The van der Waals surface area contributed by atoms with Gasteiger partial charge in [0.05, 0.1) is 0 Å². The molecular weight excluding hydrogens is 440 g/mol. The Morgan fingerprint density at radius 2 is 0.914 bits per heavy atom. The van der Waals surface area contributed by atoms with Crippen LogP contribution in [-0.2, 0) is 0 Å². The monoisotopic (exact) mass is 462 g/mol. The molecule has 0 amide bonds.